The molecular formula is C19H23N5O3. The van der Waals surface area contributed by atoms with E-state index in [-0.39, 0.29) is 11.9 Å². The molecular weight excluding hydrogens is 346 g/mol. The van der Waals surface area contributed by atoms with E-state index in [1.807, 2.05) is 24.3 Å². The molecule has 1 aromatic heterocycles. The van der Waals surface area contributed by atoms with E-state index in [0.29, 0.717) is 42.7 Å². The molecule has 142 valence electrons. The van der Waals surface area contributed by atoms with Gasteiger partial charge in [-0.25, -0.2) is 9.78 Å². The highest BCUT2D eigenvalue weighted by Gasteiger charge is 2.24. The summed E-state index contributed by atoms with van der Waals surface area (Å²) in [6.45, 7) is 1.86. The standard InChI is InChI=1S/C19H23N5O3/c1-27-17-5-3-2-4-15(17)23-19(26)24-10-6-14(7-11-24)12-22-18(25)16-13-20-8-9-21-16/h2-5,8-9,13-14H,6-7,10-12H2,1H3,(H,22,25)(H,23,26). The normalized spacial score (nSPS) is 14.5. The molecule has 3 rings (SSSR count). The number of hydrogen-bond donors (Lipinski definition) is 2. The summed E-state index contributed by atoms with van der Waals surface area (Å²) >= 11 is 0. The van der Waals surface area contributed by atoms with Crippen molar-refractivity contribution >= 4 is 17.6 Å². The fourth-order valence-electron chi connectivity index (χ4n) is 3.03. The number of rotatable bonds is 5. The van der Waals surface area contributed by atoms with Gasteiger partial charge in [-0.1, -0.05) is 12.1 Å². The van der Waals surface area contributed by atoms with Crippen LogP contribution in [0.25, 0.3) is 0 Å². The first-order chi connectivity index (χ1) is 13.2. The summed E-state index contributed by atoms with van der Waals surface area (Å²) in [6, 6.07) is 7.19. The summed E-state index contributed by atoms with van der Waals surface area (Å²) in [6.07, 6.45) is 6.14. The molecule has 2 aromatic rings. The van der Waals surface area contributed by atoms with Crippen LogP contribution in [0.3, 0.4) is 0 Å². The van der Waals surface area contributed by atoms with Gasteiger partial charge in [-0.3, -0.25) is 9.78 Å². The zero-order valence-corrected chi connectivity index (χ0v) is 15.2. The highest BCUT2D eigenvalue weighted by atomic mass is 16.5. The van der Waals surface area contributed by atoms with E-state index in [1.54, 1.807) is 12.0 Å². The fourth-order valence-corrected chi connectivity index (χ4v) is 3.03. The summed E-state index contributed by atoms with van der Waals surface area (Å²) in [7, 11) is 1.58. The summed E-state index contributed by atoms with van der Waals surface area (Å²) in [4.78, 5) is 34.2. The number of piperidine rings is 1. The second-order valence-corrected chi connectivity index (χ2v) is 6.36. The molecule has 0 aliphatic carbocycles. The molecule has 2 heterocycles. The van der Waals surface area contributed by atoms with Crippen LogP contribution in [0.4, 0.5) is 10.5 Å². The number of urea groups is 1. The molecule has 1 aliphatic rings. The zero-order valence-electron chi connectivity index (χ0n) is 15.2. The van der Waals surface area contributed by atoms with Crippen LogP contribution in [0.2, 0.25) is 0 Å². The Kier molecular flexibility index (Phi) is 6.19. The number of nitrogens with one attached hydrogen (secondary N) is 2. The lowest BCUT2D eigenvalue weighted by molar-refractivity contribution is 0.0933. The molecule has 0 atom stereocenters. The number of hydrogen-bond acceptors (Lipinski definition) is 5. The van der Waals surface area contributed by atoms with Gasteiger partial charge >= 0.3 is 6.03 Å². The van der Waals surface area contributed by atoms with E-state index in [4.69, 9.17) is 4.74 Å². The molecule has 3 amide bonds. The van der Waals surface area contributed by atoms with Crippen molar-refractivity contribution in [2.24, 2.45) is 5.92 Å². The Morgan fingerprint density at radius 1 is 1.22 bits per heavy atom. The predicted octanol–water partition coefficient (Wildman–Crippen LogP) is 2.16. The van der Waals surface area contributed by atoms with Crippen molar-refractivity contribution in [3.63, 3.8) is 0 Å². The second kappa shape index (κ2) is 8.98. The van der Waals surface area contributed by atoms with Crippen LogP contribution in [0.1, 0.15) is 23.3 Å². The van der Waals surface area contributed by atoms with Crippen molar-refractivity contribution in [1.29, 1.82) is 0 Å². The predicted molar refractivity (Wildman–Crippen MR) is 101 cm³/mol. The second-order valence-electron chi connectivity index (χ2n) is 6.36. The Labute approximate surface area is 158 Å². The maximum Gasteiger partial charge on any atom is 0.321 e. The number of likely N-dealkylation sites (tertiary alicyclic amines) is 1. The maximum atomic E-state index is 12.5. The van der Waals surface area contributed by atoms with Crippen molar-refractivity contribution < 1.29 is 14.3 Å². The van der Waals surface area contributed by atoms with E-state index in [9.17, 15) is 9.59 Å². The van der Waals surface area contributed by atoms with Gasteiger partial charge in [-0.05, 0) is 30.9 Å². The van der Waals surface area contributed by atoms with Crippen LogP contribution in [-0.2, 0) is 0 Å². The number of methoxy groups -OCH3 is 1. The van der Waals surface area contributed by atoms with Gasteiger partial charge in [0, 0.05) is 32.0 Å². The van der Waals surface area contributed by atoms with Crippen molar-refractivity contribution in [2.75, 3.05) is 32.1 Å². The molecule has 1 aliphatic heterocycles. The van der Waals surface area contributed by atoms with Gasteiger partial charge in [0.15, 0.2) is 0 Å². The Bertz CT molecular complexity index is 776. The smallest absolute Gasteiger partial charge is 0.321 e. The summed E-state index contributed by atoms with van der Waals surface area (Å²) in [5, 5.41) is 5.79. The average Bonchev–Trinajstić information content (AvgIpc) is 2.73. The molecule has 27 heavy (non-hydrogen) atoms. The van der Waals surface area contributed by atoms with E-state index in [1.165, 1.54) is 18.6 Å². The molecule has 2 N–H and O–H groups in total. The third-order valence-corrected chi connectivity index (χ3v) is 4.60. The molecule has 0 bridgehead atoms. The quantitative estimate of drug-likeness (QED) is 0.842. The largest absolute Gasteiger partial charge is 0.495 e. The number of anilines is 1. The number of amides is 3. The molecule has 1 saturated heterocycles. The Morgan fingerprint density at radius 2 is 2.00 bits per heavy atom. The van der Waals surface area contributed by atoms with Crippen LogP contribution in [0.15, 0.2) is 42.9 Å². The number of ether oxygens (including phenoxy) is 1. The fraction of sp³-hybridized carbons (Fsp3) is 0.368. The lowest BCUT2D eigenvalue weighted by Gasteiger charge is -2.32. The van der Waals surface area contributed by atoms with Gasteiger partial charge in [0.1, 0.15) is 11.4 Å². The van der Waals surface area contributed by atoms with Crippen LogP contribution in [0, 0.1) is 5.92 Å². The van der Waals surface area contributed by atoms with Crippen LogP contribution >= 0.6 is 0 Å². The molecule has 8 heteroatoms. The van der Waals surface area contributed by atoms with Gasteiger partial charge in [-0.15, -0.1) is 0 Å². The number of carbonyl (C=O) groups excluding carboxylic acids is 2. The molecule has 0 spiro atoms. The Hall–Kier alpha value is -3.16. The molecule has 1 aromatic carbocycles. The number of aromatic nitrogens is 2. The maximum absolute atomic E-state index is 12.5. The van der Waals surface area contributed by atoms with Gasteiger partial charge in [0.25, 0.3) is 5.91 Å². The lowest BCUT2D eigenvalue weighted by Crippen LogP contribution is -2.43. The van der Waals surface area contributed by atoms with Gasteiger partial charge < -0.3 is 20.3 Å². The third-order valence-electron chi connectivity index (χ3n) is 4.60. The highest BCUT2D eigenvalue weighted by molar-refractivity contribution is 5.92. The minimum absolute atomic E-state index is 0.137. The molecule has 0 unspecified atom stereocenters. The Balaban J connectivity index is 1.44. The topological polar surface area (TPSA) is 96.5 Å². The molecule has 1 fully saturated rings. The SMILES string of the molecule is COc1ccccc1NC(=O)N1CCC(CNC(=O)c2cnccn2)CC1. The summed E-state index contributed by atoms with van der Waals surface area (Å²) < 4.78 is 5.26. The summed E-state index contributed by atoms with van der Waals surface area (Å²) in [5.74, 6) is 0.743. The molecule has 0 radical (unpaired) electrons. The van der Waals surface area contributed by atoms with Crippen molar-refractivity contribution in [1.82, 2.24) is 20.2 Å². The van der Waals surface area contributed by atoms with Gasteiger partial charge in [0.2, 0.25) is 0 Å². The number of benzene rings is 1. The first-order valence-electron chi connectivity index (χ1n) is 8.90. The van der Waals surface area contributed by atoms with Gasteiger partial charge in [-0.2, -0.15) is 0 Å². The lowest BCUT2D eigenvalue weighted by atomic mass is 9.97. The monoisotopic (exact) mass is 369 g/mol. The van der Waals surface area contributed by atoms with Crippen molar-refractivity contribution in [2.45, 2.75) is 12.8 Å². The van der Waals surface area contributed by atoms with Crippen LogP contribution in [0.5, 0.6) is 5.75 Å². The van der Waals surface area contributed by atoms with Crippen LogP contribution in [-0.4, -0.2) is 53.6 Å². The van der Waals surface area contributed by atoms with E-state index < -0.39 is 0 Å². The summed E-state index contributed by atoms with van der Waals surface area (Å²) in [5.41, 5.74) is 0.967. The number of carbonyl (C=O) groups is 2. The highest BCUT2D eigenvalue weighted by Crippen LogP contribution is 2.24. The van der Waals surface area contributed by atoms with Crippen molar-refractivity contribution in [3.05, 3.63) is 48.5 Å². The van der Waals surface area contributed by atoms with Crippen molar-refractivity contribution in [3.8, 4) is 5.75 Å². The van der Waals surface area contributed by atoms with E-state index in [2.05, 4.69) is 20.6 Å². The Morgan fingerprint density at radius 3 is 2.70 bits per heavy atom. The first-order valence-corrected chi connectivity index (χ1v) is 8.90. The number of nitrogens with zero attached hydrogens (tertiary/aromatic N) is 3. The number of para-hydroxylation sites is 2. The minimum atomic E-state index is -0.223. The molecule has 0 saturated carbocycles. The van der Waals surface area contributed by atoms with E-state index >= 15 is 0 Å². The third kappa shape index (κ3) is 4.93. The first kappa shape index (κ1) is 18.6. The van der Waals surface area contributed by atoms with Crippen LogP contribution < -0.4 is 15.4 Å². The minimum Gasteiger partial charge on any atom is -0.495 e. The average molecular weight is 369 g/mol. The zero-order chi connectivity index (χ0) is 19.1. The van der Waals surface area contributed by atoms with E-state index in [0.717, 1.165) is 12.8 Å². The van der Waals surface area contributed by atoms with Gasteiger partial charge in [0.05, 0.1) is 19.0 Å². The molecule has 8 nitrogen and oxygen atoms in total.